The second-order valence-corrected chi connectivity index (χ2v) is 5.14. The van der Waals surface area contributed by atoms with Gasteiger partial charge in [-0.25, -0.2) is 4.79 Å². The highest BCUT2D eigenvalue weighted by Crippen LogP contribution is 2.23. The third kappa shape index (κ3) is 3.12. The van der Waals surface area contributed by atoms with Gasteiger partial charge in [-0.05, 0) is 5.41 Å². The number of amides is 2. The molecule has 1 saturated heterocycles. The number of urea groups is 1. The van der Waals surface area contributed by atoms with Gasteiger partial charge in [-0.3, -0.25) is 4.79 Å². The van der Waals surface area contributed by atoms with Gasteiger partial charge in [-0.2, -0.15) is 0 Å². The van der Waals surface area contributed by atoms with Crippen molar-refractivity contribution in [3.8, 4) is 0 Å². The van der Waals surface area contributed by atoms with Crippen LogP contribution < -0.4 is 5.32 Å². The van der Waals surface area contributed by atoms with E-state index in [-0.39, 0.29) is 29.9 Å². The highest BCUT2D eigenvalue weighted by atomic mass is 16.5. The van der Waals surface area contributed by atoms with Gasteiger partial charge in [-0.1, -0.05) is 20.8 Å². The molecular weight excluding hydrogens is 208 g/mol. The van der Waals surface area contributed by atoms with Gasteiger partial charge < -0.3 is 15.0 Å². The molecule has 0 bridgehead atoms. The highest BCUT2D eigenvalue weighted by molar-refractivity contribution is 5.78. The van der Waals surface area contributed by atoms with Crippen molar-refractivity contribution in [3.05, 3.63) is 0 Å². The normalized spacial score (nSPS) is 20.9. The Morgan fingerprint density at radius 1 is 1.56 bits per heavy atom. The molecule has 1 heterocycles. The number of nitrogens with zero attached hydrogens (tertiary/aromatic N) is 1. The third-order valence-corrected chi connectivity index (χ3v) is 2.85. The van der Waals surface area contributed by atoms with Crippen LogP contribution in [0.1, 0.15) is 27.2 Å². The van der Waals surface area contributed by atoms with Gasteiger partial charge in [0.2, 0.25) is 0 Å². The van der Waals surface area contributed by atoms with Crippen LogP contribution in [-0.2, 0) is 9.53 Å². The van der Waals surface area contributed by atoms with Gasteiger partial charge in [0.15, 0.2) is 0 Å². The quantitative estimate of drug-likeness (QED) is 0.733. The molecule has 0 saturated carbocycles. The molecule has 5 heteroatoms. The molecule has 1 aliphatic rings. The molecule has 92 valence electrons. The van der Waals surface area contributed by atoms with Gasteiger partial charge in [-0.15, -0.1) is 0 Å². The monoisotopic (exact) mass is 228 g/mol. The second-order valence-electron chi connectivity index (χ2n) is 5.14. The molecule has 5 nitrogen and oxygen atoms in total. The van der Waals surface area contributed by atoms with E-state index in [9.17, 15) is 9.59 Å². The molecule has 1 unspecified atom stereocenters. The van der Waals surface area contributed by atoms with E-state index >= 15 is 0 Å². The molecule has 0 aromatic carbocycles. The average Bonchev–Trinajstić information content (AvgIpc) is 2.56. The summed E-state index contributed by atoms with van der Waals surface area (Å²) in [5, 5.41) is 2.92. The van der Waals surface area contributed by atoms with Crippen LogP contribution in [0.3, 0.4) is 0 Å². The highest BCUT2D eigenvalue weighted by Gasteiger charge is 2.35. The lowest BCUT2D eigenvalue weighted by Crippen LogP contribution is -2.38. The molecular formula is C11H20N2O3. The lowest BCUT2D eigenvalue weighted by atomic mass is 9.87. The number of esters is 1. The minimum Gasteiger partial charge on any atom is -0.469 e. The molecule has 1 rings (SSSR count). The maximum atomic E-state index is 11.6. The Morgan fingerprint density at radius 2 is 2.19 bits per heavy atom. The topological polar surface area (TPSA) is 58.6 Å². The van der Waals surface area contributed by atoms with Crippen molar-refractivity contribution < 1.29 is 14.3 Å². The molecule has 0 aromatic rings. The van der Waals surface area contributed by atoms with Crippen LogP contribution in [0.25, 0.3) is 0 Å². The molecule has 16 heavy (non-hydrogen) atoms. The number of carbonyl (C=O) groups is 2. The maximum absolute atomic E-state index is 11.6. The summed E-state index contributed by atoms with van der Waals surface area (Å²) in [4.78, 5) is 24.2. The Morgan fingerprint density at radius 3 is 2.62 bits per heavy atom. The van der Waals surface area contributed by atoms with Crippen molar-refractivity contribution in [2.45, 2.75) is 33.2 Å². The number of nitrogens with one attached hydrogen (secondary N) is 1. The second kappa shape index (κ2) is 4.72. The summed E-state index contributed by atoms with van der Waals surface area (Å²) in [7, 11) is 1.35. The number of ether oxygens (including phenoxy) is 1. The van der Waals surface area contributed by atoms with E-state index < -0.39 is 0 Å². The smallest absolute Gasteiger partial charge is 0.317 e. The zero-order valence-electron chi connectivity index (χ0n) is 10.4. The molecule has 1 N–H and O–H groups in total. The maximum Gasteiger partial charge on any atom is 0.317 e. The van der Waals surface area contributed by atoms with Gasteiger partial charge >= 0.3 is 12.0 Å². The first-order valence-electron chi connectivity index (χ1n) is 5.47. The van der Waals surface area contributed by atoms with Crippen LogP contribution >= 0.6 is 0 Å². The van der Waals surface area contributed by atoms with E-state index in [0.29, 0.717) is 13.1 Å². The predicted molar refractivity (Wildman–Crippen MR) is 60.0 cm³/mol. The number of hydrogen-bond acceptors (Lipinski definition) is 3. The number of hydrogen-bond donors (Lipinski definition) is 1. The van der Waals surface area contributed by atoms with Crippen molar-refractivity contribution in [1.29, 1.82) is 0 Å². The number of methoxy groups -OCH3 is 1. The zero-order valence-corrected chi connectivity index (χ0v) is 10.4. The van der Waals surface area contributed by atoms with Crippen molar-refractivity contribution in [3.63, 3.8) is 0 Å². The fourth-order valence-electron chi connectivity index (χ4n) is 1.60. The summed E-state index contributed by atoms with van der Waals surface area (Å²) in [6.07, 6.45) is 0.251. The molecule has 1 aliphatic heterocycles. The Balaban J connectivity index is 2.46. The summed E-state index contributed by atoms with van der Waals surface area (Å²) < 4.78 is 4.54. The van der Waals surface area contributed by atoms with Crippen molar-refractivity contribution >= 4 is 12.0 Å². The summed E-state index contributed by atoms with van der Waals surface area (Å²) >= 11 is 0. The molecule has 1 fully saturated rings. The van der Waals surface area contributed by atoms with E-state index in [1.165, 1.54) is 7.11 Å². The van der Waals surface area contributed by atoms with Crippen LogP contribution in [0.5, 0.6) is 0 Å². The SMILES string of the molecule is COC(=O)CCN1CC(C(C)(C)C)NC1=O. The minimum atomic E-state index is -0.285. The van der Waals surface area contributed by atoms with Gasteiger partial charge in [0.05, 0.1) is 19.6 Å². The minimum absolute atomic E-state index is 0.0374. The Labute approximate surface area is 96.1 Å². The summed E-state index contributed by atoms with van der Waals surface area (Å²) in [6, 6.07) is 0.0430. The first-order valence-corrected chi connectivity index (χ1v) is 5.47. The molecule has 0 radical (unpaired) electrons. The summed E-state index contributed by atoms with van der Waals surface area (Å²) in [5.41, 5.74) is 0.0374. The van der Waals surface area contributed by atoms with Crippen LogP contribution in [-0.4, -0.2) is 43.1 Å². The lowest BCUT2D eigenvalue weighted by Gasteiger charge is -2.25. The third-order valence-electron chi connectivity index (χ3n) is 2.85. The fourth-order valence-corrected chi connectivity index (χ4v) is 1.60. The first kappa shape index (κ1) is 12.8. The van der Waals surface area contributed by atoms with E-state index in [2.05, 4.69) is 30.8 Å². The Bertz CT molecular complexity index is 283. The number of rotatable bonds is 3. The molecule has 0 spiro atoms. The number of carbonyl (C=O) groups excluding carboxylic acids is 2. The van der Waals surface area contributed by atoms with Crippen LogP contribution in [0.4, 0.5) is 4.79 Å². The van der Waals surface area contributed by atoms with Gasteiger partial charge in [0, 0.05) is 13.1 Å². The molecule has 0 aromatic heterocycles. The lowest BCUT2D eigenvalue weighted by molar-refractivity contribution is -0.140. The van der Waals surface area contributed by atoms with Crippen molar-refractivity contribution in [2.75, 3.05) is 20.2 Å². The van der Waals surface area contributed by atoms with Crippen LogP contribution in [0, 0.1) is 5.41 Å². The average molecular weight is 228 g/mol. The molecule has 2 amide bonds. The van der Waals surface area contributed by atoms with Gasteiger partial charge in [0.25, 0.3) is 0 Å². The van der Waals surface area contributed by atoms with E-state index in [4.69, 9.17) is 0 Å². The molecule has 1 atom stereocenters. The van der Waals surface area contributed by atoms with E-state index in [1.807, 2.05) is 0 Å². The van der Waals surface area contributed by atoms with Gasteiger partial charge in [0.1, 0.15) is 0 Å². The zero-order chi connectivity index (χ0) is 12.3. The molecule has 0 aliphatic carbocycles. The largest absolute Gasteiger partial charge is 0.469 e. The first-order chi connectivity index (χ1) is 7.34. The van der Waals surface area contributed by atoms with Crippen molar-refractivity contribution in [1.82, 2.24) is 10.2 Å². The fraction of sp³-hybridized carbons (Fsp3) is 0.818. The Kier molecular flexibility index (Phi) is 3.78. The summed E-state index contributed by atoms with van der Waals surface area (Å²) in [5.74, 6) is -0.285. The Hall–Kier alpha value is -1.26. The summed E-state index contributed by atoms with van der Waals surface area (Å²) in [6.45, 7) is 7.33. The predicted octanol–water partition coefficient (Wildman–Crippen LogP) is 0.989. The standard InChI is InChI=1S/C11H20N2O3/c1-11(2,3)8-7-13(10(15)12-8)6-5-9(14)16-4/h8H,5-7H2,1-4H3,(H,12,15). The van der Waals surface area contributed by atoms with E-state index in [1.54, 1.807) is 4.90 Å². The van der Waals surface area contributed by atoms with E-state index in [0.717, 1.165) is 0 Å². The van der Waals surface area contributed by atoms with Crippen LogP contribution in [0.2, 0.25) is 0 Å². The van der Waals surface area contributed by atoms with Crippen molar-refractivity contribution in [2.24, 2.45) is 5.41 Å². The van der Waals surface area contributed by atoms with Crippen LogP contribution in [0.15, 0.2) is 0 Å².